The molecule has 14 heavy (non-hydrogen) atoms. The average molecular weight is 193 g/mol. The molecule has 0 atom stereocenters. The van der Waals surface area contributed by atoms with Gasteiger partial charge in [-0.25, -0.2) is 0 Å². The minimum Gasteiger partial charge on any atom is -0.507 e. The predicted octanol–water partition coefficient (Wildman–Crippen LogP) is 1.48. The van der Waals surface area contributed by atoms with Crippen molar-refractivity contribution in [2.45, 2.75) is 6.42 Å². The van der Waals surface area contributed by atoms with Crippen LogP contribution in [0.15, 0.2) is 12.1 Å². The summed E-state index contributed by atoms with van der Waals surface area (Å²) in [5, 5.41) is 18.1. The maximum absolute atomic E-state index is 9.49. The van der Waals surface area contributed by atoms with Crippen LogP contribution in [0.2, 0.25) is 0 Å². The second-order valence-corrected chi connectivity index (χ2v) is 2.63. The van der Waals surface area contributed by atoms with Gasteiger partial charge in [0.05, 0.1) is 32.3 Å². The molecule has 1 aromatic rings. The summed E-state index contributed by atoms with van der Waals surface area (Å²) in [6.45, 7) is 0. The molecule has 0 aliphatic carbocycles. The number of rotatable bonds is 3. The van der Waals surface area contributed by atoms with E-state index in [0.29, 0.717) is 17.1 Å². The van der Waals surface area contributed by atoms with Crippen LogP contribution < -0.4 is 9.47 Å². The molecule has 1 rings (SSSR count). The van der Waals surface area contributed by atoms with Gasteiger partial charge in [0.2, 0.25) is 0 Å². The highest BCUT2D eigenvalue weighted by atomic mass is 16.5. The van der Waals surface area contributed by atoms with E-state index in [2.05, 4.69) is 0 Å². The Hall–Kier alpha value is -1.89. The number of phenolic OH excluding ortho intramolecular Hbond substituents is 1. The highest BCUT2D eigenvalue weighted by Crippen LogP contribution is 2.36. The summed E-state index contributed by atoms with van der Waals surface area (Å²) in [7, 11) is 2.98. The maximum Gasteiger partial charge on any atom is 0.168 e. The van der Waals surface area contributed by atoms with Crippen LogP contribution in [0.4, 0.5) is 0 Å². The zero-order chi connectivity index (χ0) is 10.6. The first-order valence-electron chi connectivity index (χ1n) is 4.04. The molecule has 0 unspecified atom stereocenters. The Balaban J connectivity index is 3.28. The van der Waals surface area contributed by atoms with Crippen molar-refractivity contribution in [1.29, 1.82) is 5.26 Å². The Morgan fingerprint density at radius 1 is 1.36 bits per heavy atom. The summed E-state index contributed by atoms with van der Waals surface area (Å²) in [5.74, 6) is 0.966. The van der Waals surface area contributed by atoms with Gasteiger partial charge in [-0.1, -0.05) is 0 Å². The molecular formula is C10H11NO3. The fourth-order valence-corrected chi connectivity index (χ4v) is 1.23. The first-order valence-corrected chi connectivity index (χ1v) is 4.04. The van der Waals surface area contributed by atoms with Gasteiger partial charge in [0.15, 0.2) is 11.5 Å². The van der Waals surface area contributed by atoms with E-state index in [1.54, 1.807) is 6.07 Å². The first kappa shape index (κ1) is 10.2. The highest BCUT2D eigenvalue weighted by molar-refractivity contribution is 5.54. The molecule has 0 bridgehead atoms. The van der Waals surface area contributed by atoms with E-state index >= 15 is 0 Å². The summed E-state index contributed by atoms with van der Waals surface area (Å²) < 4.78 is 10.1. The molecule has 4 heteroatoms. The van der Waals surface area contributed by atoms with E-state index in [0.717, 1.165) is 0 Å². The summed E-state index contributed by atoms with van der Waals surface area (Å²) >= 11 is 0. The zero-order valence-corrected chi connectivity index (χ0v) is 8.07. The number of ether oxygens (including phenoxy) is 2. The molecule has 0 aliphatic rings. The van der Waals surface area contributed by atoms with Gasteiger partial charge in [-0.05, 0) is 12.1 Å². The monoisotopic (exact) mass is 193 g/mol. The van der Waals surface area contributed by atoms with Crippen molar-refractivity contribution in [1.82, 2.24) is 0 Å². The minimum atomic E-state index is 0.0456. The molecule has 74 valence electrons. The molecule has 0 fully saturated rings. The number of aromatic hydroxyl groups is 1. The number of nitrogens with zero attached hydrogens (tertiary/aromatic N) is 1. The third-order valence-corrected chi connectivity index (χ3v) is 1.88. The number of methoxy groups -OCH3 is 2. The summed E-state index contributed by atoms with van der Waals surface area (Å²) in [6, 6.07) is 5.03. The third-order valence-electron chi connectivity index (χ3n) is 1.88. The molecule has 0 saturated carbocycles. The molecule has 1 N–H and O–H groups in total. The van der Waals surface area contributed by atoms with E-state index in [1.807, 2.05) is 6.07 Å². The Kier molecular flexibility index (Phi) is 3.19. The van der Waals surface area contributed by atoms with Crippen LogP contribution in [0.5, 0.6) is 17.2 Å². The van der Waals surface area contributed by atoms with Gasteiger partial charge in [0.1, 0.15) is 5.75 Å². The van der Waals surface area contributed by atoms with E-state index in [9.17, 15) is 5.11 Å². The van der Waals surface area contributed by atoms with Crippen molar-refractivity contribution >= 4 is 0 Å². The molecule has 0 radical (unpaired) electrons. The Bertz CT molecular complexity index is 368. The number of phenols is 1. The van der Waals surface area contributed by atoms with E-state index < -0.39 is 0 Å². The van der Waals surface area contributed by atoms with Crippen molar-refractivity contribution in [2.75, 3.05) is 14.2 Å². The van der Waals surface area contributed by atoms with Crippen molar-refractivity contribution in [2.24, 2.45) is 0 Å². The largest absolute Gasteiger partial charge is 0.507 e. The Morgan fingerprint density at radius 3 is 2.57 bits per heavy atom. The van der Waals surface area contributed by atoms with Crippen LogP contribution in [-0.2, 0) is 6.42 Å². The molecule has 0 aromatic heterocycles. The summed E-state index contributed by atoms with van der Waals surface area (Å²) in [5.41, 5.74) is 0.453. The fraction of sp³-hybridized carbons (Fsp3) is 0.300. The van der Waals surface area contributed by atoms with Gasteiger partial charge in [-0.15, -0.1) is 0 Å². The fourth-order valence-electron chi connectivity index (χ4n) is 1.23. The Morgan fingerprint density at radius 2 is 2.07 bits per heavy atom. The lowest BCUT2D eigenvalue weighted by Crippen LogP contribution is -1.95. The molecule has 1 aromatic carbocycles. The van der Waals surface area contributed by atoms with E-state index in [4.69, 9.17) is 14.7 Å². The zero-order valence-electron chi connectivity index (χ0n) is 8.07. The van der Waals surface area contributed by atoms with Crippen LogP contribution in [0.3, 0.4) is 0 Å². The number of benzene rings is 1. The second-order valence-electron chi connectivity index (χ2n) is 2.63. The minimum absolute atomic E-state index is 0.0456. The van der Waals surface area contributed by atoms with Crippen LogP contribution in [0, 0.1) is 11.3 Å². The van der Waals surface area contributed by atoms with Crippen LogP contribution >= 0.6 is 0 Å². The van der Waals surface area contributed by atoms with Gasteiger partial charge in [0, 0.05) is 0 Å². The lowest BCUT2D eigenvalue weighted by molar-refractivity contribution is 0.348. The van der Waals surface area contributed by atoms with Crippen LogP contribution in [-0.4, -0.2) is 19.3 Å². The highest BCUT2D eigenvalue weighted by Gasteiger charge is 2.13. The van der Waals surface area contributed by atoms with Crippen molar-refractivity contribution in [3.8, 4) is 23.3 Å². The lowest BCUT2D eigenvalue weighted by atomic mass is 10.1. The normalized spacial score (nSPS) is 9.21. The maximum atomic E-state index is 9.49. The summed E-state index contributed by atoms with van der Waals surface area (Å²) in [4.78, 5) is 0. The smallest absolute Gasteiger partial charge is 0.168 e. The third kappa shape index (κ3) is 1.72. The number of nitriles is 1. The molecule has 0 aliphatic heterocycles. The van der Waals surface area contributed by atoms with Crippen molar-refractivity contribution in [3.05, 3.63) is 17.7 Å². The average Bonchev–Trinajstić information content (AvgIpc) is 2.21. The molecule has 0 heterocycles. The Labute approximate surface area is 82.3 Å². The van der Waals surface area contributed by atoms with Gasteiger partial charge < -0.3 is 14.6 Å². The van der Waals surface area contributed by atoms with Gasteiger partial charge in [-0.2, -0.15) is 5.26 Å². The quantitative estimate of drug-likeness (QED) is 0.789. The first-order chi connectivity index (χ1) is 6.74. The van der Waals surface area contributed by atoms with Crippen LogP contribution in [0.25, 0.3) is 0 Å². The van der Waals surface area contributed by atoms with Crippen molar-refractivity contribution in [3.63, 3.8) is 0 Å². The number of hydrogen-bond donors (Lipinski definition) is 1. The van der Waals surface area contributed by atoms with Gasteiger partial charge in [0.25, 0.3) is 0 Å². The second kappa shape index (κ2) is 4.38. The molecular weight excluding hydrogens is 182 g/mol. The van der Waals surface area contributed by atoms with Crippen molar-refractivity contribution < 1.29 is 14.6 Å². The molecule has 4 nitrogen and oxygen atoms in total. The van der Waals surface area contributed by atoms with Crippen LogP contribution in [0.1, 0.15) is 5.56 Å². The number of hydrogen-bond acceptors (Lipinski definition) is 4. The topological polar surface area (TPSA) is 62.5 Å². The standard InChI is InChI=1S/C10H11NO3/c1-13-9-4-3-8(12)7(5-6-11)10(9)14-2/h3-4,12H,5H2,1-2H3. The van der Waals surface area contributed by atoms with Gasteiger partial charge in [-0.3, -0.25) is 0 Å². The lowest BCUT2D eigenvalue weighted by Gasteiger charge is -2.11. The predicted molar refractivity (Wildman–Crippen MR) is 50.5 cm³/mol. The summed E-state index contributed by atoms with van der Waals surface area (Å²) in [6.07, 6.45) is 0.0895. The van der Waals surface area contributed by atoms with E-state index in [1.165, 1.54) is 20.3 Å². The molecule has 0 saturated heterocycles. The molecule has 0 spiro atoms. The SMILES string of the molecule is COc1ccc(O)c(CC#N)c1OC. The van der Waals surface area contributed by atoms with E-state index in [-0.39, 0.29) is 12.2 Å². The molecule has 0 amide bonds. The van der Waals surface area contributed by atoms with Gasteiger partial charge >= 0.3 is 0 Å².